The molecule has 162 valence electrons. The van der Waals surface area contributed by atoms with Gasteiger partial charge in [-0.25, -0.2) is 4.79 Å². The molecule has 32 heavy (non-hydrogen) atoms. The first-order valence-electron chi connectivity index (χ1n) is 10.0. The number of allylic oxidation sites excluding steroid dienone is 1. The summed E-state index contributed by atoms with van der Waals surface area (Å²) in [4.78, 5) is 11.1. The summed E-state index contributed by atoms with van der Waals surface area (Å²) in [7, 11) is 0. The van der Waals surface area contributed by atoms with Crippen molar-refractivity contribution in [2.75, 3.05) is 6.61 Å². The summed E-state index contributed by atoms with van der Waals surface area (Å²) in [5.41, 5.74) is 4.28. The van der Waals surface area contributed by atoms with E-state index in [1.54, 1.807) is 18.2 Å². The van der Waals surface area contributed by atoms with Crippen molar-refractivity contribution in [2.45, 2.75) is 20.5 Å². The zero-order valence-electron chi connectivity index (χ0n) is 17.8. The van der Waals surface area contributed by atoms with Crippen molar-refractivity contribution in [2.24, 2.45) is 0 Å². The molecule has 0 saturated heterocycles. The molecule has 0 bridgehead atoms. The van der Waals surface area contributed by atoms with Gasteiger partial charge in [0.2, 0.25) is 0 Å². The highest BCUT2D eigenvalue weighted by atomic mass is 127. The van der Waals surface area contributed by atoms with Crippen LogP contribution in [0.2, 0.25) is 0 Å². The first-order valence-corrected chi connectivity index (χ1v) is 11.1. The van der Waals surface area contributed by atoms with E-state index in [4.69, 9.17) is 14.6 Å². The fraction of sp³-hybridized carbons (Fsp3) is 0.154. The molecule has 0 heterocycles. The molecule has 1 N–H and O–H groups in total. The van der Waals surface area contributed by atoms with Crippen LogP contribution in [0.15, 0.2) is 60.7 Å². The number of aromatic carboxylic acids is 1. The van der Waals surface area contributed by atoms with Crippen LogP contribution in [0.5, 0.6) is 11.5 Å². The smallest absolute Gasteiger partial charge is 0.335 e. The number of carboxylic acids is 1. The van der Waals surface area contributed by atoms with E-state index >= 15 is 0 Å². The van der Waals surface area contributed by atoms with Crippen molar-refractivity contribution < 1.29 is 19.4 Å². The van der Waals surface area contributed by atoms with Gasteiger partial charge in [0.05, 0.1) is 27.4 Å². The number of hydrogen-bond donors (Lipinski definition) is 1. The number of ether oxygens (including phenoxy) is 2. The van der Waals surface area contributed by atoms with Gasteiger partial charge in [0.15, 0.2) is 11.5 Å². The molecule has 3 rings (SSSR count). The second kappa shape index (κ2) is 10.8. The third-order valence-electron chi connectivity index (χ3n) is 4.67. The topological polar surface area (TPSA) is 79.5 Å². The van der Waals surface area contributed by atoms with Crippen LogP contribution < -0.4 is 9.47 Å². The molecule has 5 nitrogen and oxygen atoms in total. The molecule has 0 fully saturated rings. The lowest BCUT2D eigenvalue weighted by Gasteiger charge is -2.15. The summed E-state index contributed by atoms with van der Waals surface area (Å²) in [5.74, 6) is 0.267. The number of hydrogen-bond acceptors (Lipinski definition) is 4. The molecule has 0 aliphatic carbocycles. The Morgan fingerprint density at radius 3 is 2.44 bits per heavy atom. The van der Waals surface area contributed by atoms with Crippen molar-refractivity contribution >= 4 is 40.2 Å². The van der Waals surface area contributed by atoms with E-state index in [1.807, 2.05) is 44.2 Å². The third-order valence-corrected chi connectivity index (χ3v) is 5.47. The number of halogens is 1. The molecule has 0 unspecified atom stereocenters. The van der Waals surface area contributed by atoms with Crippen molar-refractivity contribution in [3.8, 4) is 17.6 Å². The molecule has 0 radical (unpaired) electrons. The highest BCUT2D eigenvalue weighted by Crippen LogP contribution is 2.36. The summed E-state index contributed by atoms with van der Waals surface area (Å²) in [6.45, 7) is 4.85. The quantitative estimate of drug-likeness (QED) is 0.205. The molecule has 0 aromatic heterocycles. The van der Waals surface area contributed by atoms with Gasteiger partial charge >= 0.3 is 5.97 Å². The Balaban J connectivity index is 1.91. The first-order chi connectivity index (χ1) is 15.4. The standard InChI is InChI=1S/C26H22INO4/c1-3-31-24-14-19(12-22(15-28)20-7-9-21(10-8-20)26(29)30)13-23(27)25(24)32-16-18-6-4-5-17(2)11-18/h4-14H,3,16H2,1-2H3,(H,29,30)/b22-12-. The van der Waals surface area contributed by atoms with Gasteiger partial charge < -0.3 is 14.6 Å². The van der Waals surface area contributed by atoms with Crippen LogP contribution >= 0.6 is 22.6 Å². The van der Waals surface area contributed by atoms with Gasteiger partial charge in [0.1, 0.15) is 6.61 Å². The number of carboxylic acid groups (broad SMARTS) is 1. The number of benzene rings is 3. The number of nitrogens with zero attached hydrogens (tertiary/aromatic N) is 1. The summed E-state index contributed by atoms with van der Waals surface area (Å²) in [6, 6.07) is 20.4. The van der Waals surface area contributed by atoms with E-state index in [1.165, 1.54) is 17.7 Å². The van der Waals surface area contributed by atoms with Crippen LogP contribution in [0.1, 0.15) is 39.5 Å². The molecule has 0 amide bonds. The van der Waals surface area contributed by atoms with Crippen molar-refractivity contribution in [1.29, 1.82) is 5.26 Å². The summed E-state index contributed by atoms with van der Waals surface area (Å²) < 4.78 is 12.8. The lowest BCUT2D eigenvalue weighted by Crippen LogP contribution is -2.02. The van der Waals surface area contributed by atoms with Gasteiger partial charge in [-0.15, -0.1) is 0 Å². The maximum Gasteiger partial charge on any atom is 0.335 e. The minimum atomic E-state index is -1.00. The minimum absolute atomic E-state index is 0.175. The van der Waals surface area contributed by atoms with E-state index in [0.717, 1.165) is 14.7 Å². The monoisotopic (exact) mass is 539 g/mol. The highest BCUT2D eigenvalue weighted by molar-refractivity contribution is 14.1. The van der Waals surface area contributed by atoms with E-state index in [0.29, 0.717) is 35.8 Å². The number of carbonyl (C=O) groups is 1. The maximum absolute atomic E-state index is 11.1. The van der Waals surface area contributed by atoms with Crippen molar-refractivity contribution in [3.05, 3.63) is 92.1 Å². The minimum Gasteiger partial charge on any atom is -0.490 e. The van der Waals surface area contributed by atoms with Crippen LogP contribution in [-0.2, 0) is 6.61 Å². The van der Waals surface area contributed by atoms with Gasteiger partial charge in [-0.3, -0.25) is 0 Å². The fourth-order valence-corrected chi connectivity index (χ4v) is 3.95. The maximum atomic E-state index is 11.1. The SMILES string of the molecule is CCOc1cc(/C=C(/C#N)c2ccc(C(=O)O)cc2)cc(I)c1OCc1cccc(C)c1. The second-order valence-electron chi connectivity index (χ2n) is 7.09. The van der Waals surface area contributed by atoms with Crippen molar-refractivity contribution in [3.63, 3.8) is 0 Å². The Bertz CT molecular complexity index is 1190. The van der Waals surface area contributed by atoms with E-state index in [-0.39, 0.29) is 5.56 Å². The summed E-state index contributed by atoms with van der Waals surface area (Å²) in [6.07, 6.45) is 1.75. The number of aryl methyl sites for hydroxylation is 1. The van der Waals surface area contributed by atoms with E-state index in [9.17, 15) is 10.1 Å². The zero-order valence-corrected chi connectivity index (χ0v) is 19.9. The third kappa shape index (κ3) is 5.89. The van der Waals surface area contributed by atoms with Crippen LogP contribution in [-0.4, -0.2) is 17.7 Å². The van der Waals surface area contributed by atoms with Crippen LogP contribution in [0.4, 0.5) is 0 Å². The number of nitriles is 1. The number of rotatable bonds is 8. The fourth-order valence-electron chi connectivity index (χ4n) is 3.17. The molecule has 0 aliphatic rings. The molecule has 0 spiro atoms. The molecule has 3 aromatic carbocycles. The largest absolute Gasteiger partial charge is 0.490 e. The lowest BCUT2D eigenvalue weighted by atomic mass is 10.0. The average Bonchev–Trinajstić information content (AvgIpc) is 2.77. The van der Waals surface area contributed by atoms with E-state index in [2.05, 4.69) is 34.7 Å². The zero-order chi connectivity index (χ0) is 23.1. The van der Waals surface area contributed by atoms with Crippen LogP contribution in [0.3, 0.4) is 0 Å². The summed E-state index contributed by atoms with van der Waals surface area (Å²) in [5, 5.41) is 18.7. The van der Waals surface area contributed by atoms with E-state index < -0.39 is 5.97 Å². The Morgan fingerprint density at radius 1 is 1.09 bits per heavy atom. The molecule has 0 saturated carbocycles. The highest BCUT2D eigenvalue weighted by Gasteiger charge is 2.13. The normalized spacial score (nSPS) is 11.0. The average molecular weight is 539 g/mol. The molecule has 0 atom stereocenters. The molecule has 0 aliphatic heterocycles. The second-order valence-corrected chi connectivity index (χ2v) is 8.26. The predicted molar refractivity (Wildman–Crippen MR) is 133 cm³/mol. The van der Waals surface area contributed by atoms with Gasteiger partial charge in [0.25, 0.3) is 0 Å². The van der Waals surface area contributed by atoms with Gasteiger partial charge in [-0.2, -0.15) is 5.26 Å². The Labute approximate surface area is 201 Å². The Kier molecular flexibility index (Phi) is 7.90. The Morgan fingerprint density at radius 2 is 1.81 bits per heavy atom. The van der Waals surface area contributed by atoms with Crippen LogP contribution in [0, 0.1) is 21.8 Å². The van der Waals surface area contributed by atoms with Crippen molar-refractivity contribution in [1.82, 2.24) is 0 Å². The summed E-state index contributed by atoms with van der Waals surface area (Å²) >= 11 is 2.20. The molecular formula is C26H22INO4. The predicted octanol–water partition coefficient (Wildman–Crippen LogP) is 6.34. The van der Waals surface area contributed by atoms with Gasteiger partial charge in [-0.05, 0) is 83.5 Å². The molecular weight excluding hydrogens is 517 g/mol. The Hall–Kier alpha value is -3.31. The van der Waals surface area contributed by atoms with Gasteiger partial charge in [-0.1, -0.05) is 42.0 Å². The van der Waals surface area contributed by atoms with Crippen LogP contribution in [0.25, 0.3) is 11.6 Å². The molecule has 6 heteroatoms. The molecule has 3 aromatic rings. The van der Waals surface area contributed by atoms with Gasteiger partial charge in [0, 0.05) is 0 Å². The lowest BCUT2D eigenvalue weighted by molar-refractivity contribution is 0.0697. The first kappa shape index (κ1) is 23.4.